The first-order valence-electron chi connectivity index (χ1n) is 10.5. The number of carbonyl (C=O) groups excluding carboxylic acids is 2. The molecule has 3 atom stereocenters. The fourth-order valence-corrected chi connectivity index (χ4v) is 4.21. The monoisotopic (exact) mass is 411 g/mol. The van der Waals surface area contributed by atoms with Gasteiger partial charge in [0.15, 0.2) is 0 Å². The van der Waals surface area contributed by atoms with Crippen molar-refractivity contribution in [3.8, 4) is 11.1 Å². The van der Waals surface area contributed by atoms with Crippen molar-refractivity contribution in [2.45, 2.75) is 38.1 Å². The molecule has 1 aromatic heterocycles. The van der Waals surface area contributed by atoms with E-state index < -0.39 is 12.1 Å². The van der Waals surface area contributed by atoms with Crippen LogP contribution in [0.2, 0.25) is 0 Å². The number of β-amino-alcohol motifs (C(OH)–C–C–N with tert-alkyl or cyclic N) is 1. The second-order valence-electron chi connectivity index (χ2n) is 8.04. The van der Waals surface area contributed by atoms with Gasteiger partial charge in [-0.25, -0.2) is 0 Å². The first-order valence-corrected chi connectivity index (χ1v) is 10.5. The lowest BCUT2D eigenvalue weighted by molar-refractivity contribution is -0.140. The molecule has 8 nitrogen and oxygen atoms in total. The van der Waals surface area contributed by atoms with Crippen LogP contribution in [0.5, 0.6) is 0 Å². The van der Waals surface area contributed by atoms with E-state index in [1.54, 1.807) is 0 Å². The molecule has 30 heavy (non-hydrogen) atoms. The SMILES string of the molecule is Cc1[nH]ccc1-c1ccc(CNC(=O)C2CC(O)CN2C(=O)C2CNCCN2)cc1. The van der Waals surface area contributed by atoms with E-state index in [0.717, 1.165) is 28.9 Å². The molecular formula is C22H29N5O3. The summed E-state index contributed by atoms with van der Waals surface area (Å²) < 4.78 is 0. The molecule has 0 bridgehead atoms. The molecule has 0 spiro atoms. The molecule has 0 saturated carbocycles. The minimum Gasteiger partial charge on any atom is -0.391 e. The summed E-state index contributed by atoms with van der Waals surface area (Å²) >= 11 is 0. The first-order chi connectivity index (χ1) is 14.5. The summed E-state index contributed by atoms with van der Waals surface area (Å²) in [6.07, 6.45) is 1.51. The number of aliphatic hydroxyl groups excluding tert-OH is 1. The number of carbonyl (C=O) groups is 2. The molecule has 2 aromatic rings. The van der Waals surface area contributed by atoms with Gasteiger partial charge in [0.25, 0.3) is 0 Å². The number of H-pyrrole nitrogens is 1. The van der Waals surface area contributed by atoms with E-state index >= 15 is 0 Å². The minimum atomic E-state index is -0.676. The minimum absolute atomic E-state index is 0.134. The zero-order chi connectivity index (χ0) is 21.1. The van der Waals surface area contributed by atoms with Gasteiger partial charge in [-0.2, -0.15) is 0 Å². The highest BCUT2D eigenvalue weighted by Crippen LogP contribution is 2.23. The maximum absolute atomic E-state index is 12.8. The van der Waals surface area contributed by atoms with E-state index in [2.05, 4.69) is 20.9 Å². The molecular weight excluding hydrogens is 382 g/mol. The highest BCUT2D eigenvalue weighted by Gasteiger charge is 2.41. The summed E-state index contributed by atoms with van der Waals surface area (Å²) in [5.41, 5.74) is 4.37. The Hall–Kier alpha value is -2.68. The second-order valence-corrected chi connectivity index (χ2v) is 8.04. The van der Waals surface area contributed by atoms with Gasteiger partial charge >= 0.3 is 0 Å². The number of nitrogens with one attached hydrogen (secondary N) is 4. The number of hydrogen-bond acceptors (Lipinski definition) is 5. The molecule has 2 saturated heterocycles. The Balaban J connectivity index is 1.36. The number of rotatable bonds is 5. The van der Waals surface area contributed by atoms with Gasteiger partial charge in [-0.3, -0.25) is 9.59 Å². The standard InChI is InChI=1S/C22H29N5O3/c1-14-18(6-7-24-14)16-4-2-15(3-5-16)11-26-21(29)20-10-17(28)13-27(20)22(30)19-12-23-8-9-25-19/h2-7,17,19-20,23-25,28H,8-13H2,1H3,(H,26,29). The van der Waals surface area contributed by atoms with Crippen LogP contribution in [-0.2, 0) is 16.1 Å². The third-order valence-electron chi connectivity index (χ3n) is 5.89. The molecule has 8 heteroatoms. The molecule has 0 aliphatic carbocycles. The molecule has 2 aliphatic rings. The van der Waals surface area contributed by atoms with Crippen LogP contribution in [0.3, 0.4) is 0 Å². The normalized spacial score (nSPS) is 24.1. The maximum atomic E-state index is 12.8. The fraction of sp³-hybridized carbons (Fsp3) is 0.455. The van der Waals surface area contributed by atoms with E-state index in [1.165, 1.54) is 4.90 Å². The van der Waals surface area contributed by atoms with Gasteiger partial charge in [-0.05, 0) is 24.1 Å². The van der Waals surface area contributed by atoms with Crippen molar-refractivity contribution >= 4 is 11.8 Å². The summed E-state index contributed by atoms with van der Waals surface area (Å²) in [5, 5.41) is 19.4. The Morgan fingerprint density at radius 1 is 1.20 bits per heavy atom. The van der Waals surface area contributed by atoms with E-state index in [-0.39, 0.29) is 30.8 Å². The van der Waals surface area contributed by atoms with Crippen molar-refractivity contribution in [1.29, 1.82) is 0 Å². The van der Waals surface area contributed by atoms with Crippen LogP contribution in [0.1, 0.15) is 17.7 Å². The number of piperazine rings is 1. The number of hydrogen-bond donors (Lipinski definition) is 5. The van der Waals surface area contributed by atoms with Crippen molar-refractivity contribution in [2.75, 3.05) is 26.2 Å². The number of aromatic amines is 1. The Kier molecular flexibility index (Phi) is 6.17. The van der Waals surface area contributed by atoms with Crippen LogP contribution in [0, 0.1) is 6.92 Å². The quantitative estimate of drug-likeness (QED) is 0.481. The van der Waals surface area contributed by atoms with E-state index in [9.17, 15) is 14.7 Å². The smallest absolute Gasteiger partial charge is 0.243 e. The van der Waals surface area contributed by atoms with Gasteiger partial charge in [0.1, 0.15) is 6.04 Å². The van der Waals surface area contributed by atoms with Crippen molar-refractivity contribution in [2.24, 2.45) is 0 Å². The number of nitrogens with zero attached hydrogens (tertiary/aromatic N) is 1. The Morgan fingerprint density at radius 3 is 2.67 bits per heavy atom. The van der Waals surface area contributed by atoms with Crippen LogP contribution >= 0.6 is 0 Å². The summed E-state index contributed by atoms with van der Waals surface area (Å²) in [5.74, 6) is -0.362. The molecule has 3 heterocycles. The summed E-state index contributed by atoms with van der Waals surface area (Å²) in [7, 11) is 0. The van der Waals surface area contributed by atoms with Gasteiger partial charge in [0.2, 0.25) is 11.8 Å². The maximum Gasteiger partial charge on any atom is 0.243 e. The topological polar surface area (TPSA) is 109 Å². The average molecular weight is 412 g/mol. The van der Waals surface area contributed by atoms with Crippen LogP contribution in [0.25, 0.3) is 11.1 Å². The van der Waals surface area contributed by atoms with Crippen molar-refractivity contribution in [1.82, 2.24) is 25.8 Å². The largest absolute Gasteiger partial charge is 0.391 e. The van der Waals surface area contributed by atoms with E-state index in [0.29, 0.717) is 19.6 Å². The molecule has 2 amide bonds. The molecule has 2 fully saturated rings. The molecule has 1 aromatic carbocycles. The number of benzene rings is 1. The molecule has 2 aliphatic heterocycles. The van der Waals surface area contributed by atoms with Gasteiger partial charge in [-0.1, -0.05) is 24.3 Å². The zero-order valence-corrected chi connectivity index (χ0v) is 17.1. The lowest BCUT2D eigenvalue weighted by Crippen LogP contribution is -2.58. The van der Waals surface area contributed by atoms with E-state index in [4.69, 9.17) is 0 Å². The number of likely N-dealkylation sites (tertiary alicyclic amines) is 1. The number of amides is 2. The van der Waals surface area contributed by atoms with Gasteiger partial charge in [-0.15, -0.1) is 0 Å². The lowest BCUT2D eigenvalue weighted by Gasteiger charge is -2.30. The van der Waals surface area contributed by atoms with Crippen LogP contribution in [-0.4, -0.2) is 71.2 Å². The van der Waals surface area contributed by atoms with Crippen LogP contribution < -0.4 is 16.0 Å². The first kappa shape index (κ1) is 20.6. The summed E-state index contributed by atoms with van der Waals surface area (Å²) in [4.78, 5) is 30.3. The second kappa shape index (κ2) is 8.99. The third kappa shape index (κ3) is 4.40. The van der Waals surface area contributed by atoms with Gasteiger partial charge in [0, 0.05) is 56.6 Å². The summed E-state index contributed by atoms with van der Waals surface area (Å²) in [6, 6.07) is 9.10. The number of aliphatic hydroxyl groups is 1. The molecule has 160 valence electrons. The van der Waals surface area contributed by atoms with Crippen LogP contribution in [0.4, 0.5) is 0 Å². The zero-order valence-electron chi connectivity index (χ0n) is 17.1. The van der Waals surface area contributed by atoms with Crippen LogP contribution in [0.15, 0.2) is 36.5 Å². The highest BCUT2D eigenvalue weighted by molar-refractivity contribution is 5.90. The van der Waals surface area contributed by atoms with Gasteiger partial charge < -0.3 is 30.9 Å². The number of aryl methyl sites for hydroxylation is 1. The van der Waals surface area contributed by atoms with E-state index in [1.807, 2.05) is 43.5 Å². The molecule has 0 radical (unpaired) electrons. The molecule has 3 unspecified atom stereocenters. The van der Waals surface area contributed by atoms with Crippen molar-refractivity contribution in [3.63, 3.8) is 0 Å². The Labute approximate surface area is 176 Å². The predicted molar refractivity (Wildman–Crippen MR) is 114 cm³/mol. The Bertz CT molecular complexity index is 888. The summed E-state index contributed by atoms with van der Waals surface area (Å²) in [6.45, 7) is 4.67. The average Bonchev–Trinajstić information content (AvgIpc) is 3.38. The lowest BCUT2D eigenvalue weighted by atomic mass is 10.0. The molecule has 4 rings (SSSR count). The third-order valence-corrected chi connectivity index (χ3v) is 5.89. The molecule has 5 N–H and O–H groups in total. The van der Waals surface area contributed by atoms with Gasteiger partial charge in [0.05, 0.1) is 12.1 Å². The predicted octanol–water partition coefficient (Wildman–Crippen LogP) is 0.130. The highest BCUT2D eigenvalue weighted by atomic mass is 16.3. The fourth-order valence-electron chi connectivity index (χ4n) is 4.21. The van der Waals surface area contributed by atoms with Crippen molar-refractivity contribution < 1.29 is 14.7 Å². The Morgan fingerprint density at radius 2 is 2.00 bits per heavy atom. The number of aromatic nitrogens is 1. The van der Waals surface area contributed by atoms with Crippen molar-refractivity contribution in [3.05, 3.63) is 47.8 Å².